The summed E-state index contributed by atoms with van der Waals surface area (Å²) >= 11 is 1.48. The van der Waals surface area contributed by atoms with E-state index in [-0.39, 0.29) is 11.5 Å². The number of hydrogen-bond acceptors (Lipinski definition) is 8. The van der Waals surface area contributed by atoms with Crippen LogP contribution in [0.2, 0.25) is 0 Å². The van der Waals surface area contributed by atoms with Gasteiger partial charge in [0.1, 0.15) is 5.58 Å². The fraction of sp³-hybridized carbons (Fsp3) is 0.462. The standard InChI is InChI=1S/C26H30N4O4S/c1-19-3-4-22-20(13-19)14-24(33-22)35-29-15-23(31)30-16-25(34-26(30,17-29)18-32-2)7-11-28(12-8-25)21-5-9-27-10-6-21/h3-6,9-10,13-14H,7-8,11-12,15-18H2,1-2H3. The van der Waals surface area contributed by atoms with Gasteiger partial charge < -0.3 is 23.7 Å². The first kappa shape index (κ1) is 22.8. The van der Waals surface area contributed by atoms with Crippen LogP contribution in [0.4, 0.5) is 5.69 Å². The average molecular weight is 495 g/mol. The molecule has 1 aromatic carbocycles. The van der Waals surface area contributed by atoms with E-state index in [0.29, 0.717) is 26.2 Å². The number of piperidine rings is 1. The maximum absolute atomic E-state index is 13.4. The number of benzene rings is 1. The molecule has 3 aromatic rings. The van der Waals surface area contributed by atoms with Gasteiger partial charge in [-0.15, -0.1) is 0 Å². The number of aromatic nitrogens is 1. The highest BCUT2D eigenvalue weighted by Crippen LogP contribution is 2.45. The van der Waals surface area contributed by atoms with Crippen LogP contribution in [-0.4, -0.2) is 77.9 Å². The zero-order valence-corrected chi connectivity index (χ0v) is 20.9. The number of methoxy groups -OCH3 is 1. The van der Waals surface area contributed by atoms with Crippen LogP contribution < -0.4 is 4.90 Å². The Labute approximate surface area is 209 Å². The van der Waals surface area contributed by atoms with E-state index in [4.69, 9.17) is 13.9 Å². The lowest BCUT2D eigenvalue weighted by Gasteiger charge is -2.44. The summed E-state index contributed by atoms with van der Waals surface area (Å²) in [6.07, 6.45) is 5.38. The van der Waals surface area contributed by atoms with Crippen molar-refractivity contribution in [1.29, 1.82) is 0 Å². The molecular weight excluding hydrogens is 464 g/mol. The Morgan fingerprint density at radius 2 is 1.91 bits per heavy atom. The van der Waals surface area contributed by atoms with E-state index >= 15 is 0 Å². The fourth-order valence-electron chi connectivity index (χ4n) is 5.66. The van der Waals surface area contributed by atoms with E-state index in [1.54, 1.807) is 7.11 Å². The van der Waals surface area contributed by atoms with E-state index in [9.17, 15) is 4.79 Å². The summed E-state index contributed by atoms with van der Waals surface area (Å²) in [5, 5.41) is 1.85. The number of rotatable bonds is 5. The van der Waals surface area contributed by atoms with Gasteiger partial charge in [0.15, 0.2) is 10.8 Å². The molecule has 184 valence electrons. The summed E-state index contributed by atoms with van der Waals surface area (Å²) in [5.74, 6) is 0.0705. The number of aryl methyl sites for hydroxylation is 1. The van der Waals surface area contributed by atoms with Gasteiger partial charge in [0.2, 0.25) is 5.91 Å². The van der Waals surface area contributed by atoms with Crippen LogP contribution in [0.15, 0.2) is 58.3 Å². The molecule has 2 aromatic heterocycles. The second-order valence-electron chi connectivity index (χ2n) is 9.83. The number of piperazine rings is 1. The Hall–Kier alpha value is -2.59. The number of pyridine rings is 1. The summed E-state index contributed by atoms with van der Waals surface area (Å²) < 4.78 is 20.6. The molecule has 1 unspecified atom stereocenters. The minimum atomic E-state index is -0.793. The number of anilines is 1. The van der Waals surface area contributed by atoms with Crippen molar-refractivity contribution >= 4 is 34.5 Å². The van der Waals surface area contributed by atoms with Crippen LogP contribution in [0.5, 0.6) is 0 Å². The molecule has 3 fully saturated rings. The number of ether oxygens (including phenoxy) is 2. The highest BCUT2D eigenvalue weighted by atomic mass is 32.2. The van der Waals surface area contributed by atoms with Crippen LogP contribution in [0.3, 0.4) is 0 Å². The van der Waals surface area contributed by atoms with Crippen LogP contribution in [0, 0.1) is 6.92 Å². The van der Waals surface area contributed by atoms with Gasteiger partial charge in [0.25, 0.3) is 0 Å². The molecule has 3 aliphatic rings. The maximum atomic E-state index is 13.4. The first-order valence-corrected chi connectivity index (χ1v) is 12.8. The molecular formula is C26H30N4O4S. The Balaban J connectivity index is 1.20. The van der Waals surface area contributed by atoms with Crippen molar-refractivity contribution in [1.82, 2.24) is 14.2 Å². The normalized spacial score (nSPS) is 24.5. The van der Waals surface area contributed by atoms with Gasteiger partial charge in [0, 0.05) is 43.7 Å². The van der Waals surface area contributed by atoms with Crippen molar-refractivity contribution in [2.45, 2.75) is 36.2 Å². The molecule has 5 heterocycles. The molecule has 0 saturated carbocycles. The summed E-state index contributed by atoms with van der Waals surface area (Å²) in [6.45, 7) is 5.66. The number of carbonyl (C=O) groups is 1. The largest absolute Gasteiger partial charge is 0.449 e. The van der Waals surface area contributed by atoms with Gasteiger partial charge in [-0.3, -0.25) is 9.78 Å². The Morgan fingerprint density at radius 3 is 2.69 bits per heavy atom. The number of carbonyl (C=O) groups excluding carboxylic acids is 1. The van der Waals surface area contributed by atoms with Crippen LogP contribution in [-0.2, 0) is 14.3 Å². The predicted molar refractivity (Wildman–Crippen MR) is 134 cm³/mol. The molecule has 1 spiro atoms. The van der Waals surface area contributed by atoms with Crippen molar-refractivity contribution in [3.05, 3.63) is 54.4 Å². The second-order valence-corrected chi connectivity index (χ2v) is 10.9. The van der Waals surface area contributed by atoms with Crippen LogP contribution >= 0.6 is 11.9 Å². The molecule has 35 heavy (non-hydrogen) atoms. The molecule has 8 nitrogen and oxygen atoms in total. The molecule has 0 radical (unpaired) electrons. The third-order valence-electron chi connectivity index (χ3n) is 7.32. The zero-order valence-electron chi connectivity index (χ0n) is 20.1. The topological polar surface area (TPSA) is 71.3 Å². The van der Waals surface area contributed by atoms with E-state index in [2.05, 4.69) is 22.9 Å². The third kappa shape index (κ3) is 4.20. The van der Waals surface area contributed by atoms with E-state index in [1.165, 1.54) is 23.2 Å². The van der Waals surface area contributed by atoms with Crippen molar-refractivity contribution in [3.8, 4) is 0 Å². The minimum absolute atomic E-state index is 0.0705. The van der Waals surface area contributed by atoms with Crippen molar-refractivity contribution in [2.75, 3.05) is 51.3 Å². The highest BCUT2D eigenvalue weighted by Gasteiger charge is 2.59. The zero-order chi connectivity index (χ0) is 24.0. The summed E-state index contributed by atoms with van der Waals surface area (Å²) in [6, 6.07) is 12.3. The number of furan rings is 1. The Kier molecular flexibility index (Phi) is 5.75. The van der Waals surface area contributed by atoms with Gasteiger partial charge in [-0.25, -0.2) is 4.31 Å². The Bertz CT molecular complexity index is 1230. The highest BCUT2D eigenvalue weighted by molar-refractivity contribution is 7.96. The lowest BCUT2D eigenvalue weighted by Crippen LogP contribution is -2.63. The molecule has 9 heteroatoms. The molecule has 0 N–H and O–H groups in total. The lowest BCUT2D eigenvalue weighted by molar-refractivity contribution is -0.193. The minimum Gasteiger partial charge on any atom is -0.449 e. The predicted octanol–water partition coefficient (Wildman–Crippen LogP) is 3.70. The van der Waals surface area contributed by atoms with Gasteiger partial charge in [-0.2, -0.15) is 0 Å². The molecule has 6 rings (SSSR count). The van der Waals surface area contributed by atoms with Crippen molar-refractivity contribution in [3.63, 3.8) is 0 Å². The number of amides is 1. The first-order valence-electron chi connectivity index (χ1n) is 12.1. The first-order chi connectivity index (χ1) is 17.0. The maximum Gasteiger partial charge on any atom is 0.240 e. The van der Waals surface area contributed by atoms with E-state index < -0.39 is 5.72 Å². The van der Waals surface area contributed by atoms with E-state index in [0.717, 1.165) is 42.0 Å². The number of nitrogens with zero attached hydrogens (tertiary/aromatic N) is 4. The SMILES string of the molecule is COCC12CN(Sc3cc4cc(C)ccc4o3)CC(=O)N1CC1(CCN(c3ccncc3)CC1)O2. The summed E-state index contributed by atoms with van der Waals surface area (Å²) in [4.78, 5) is 21.8. The molecule has 0 aliphatic carbocycles. The quantitative estimate of drug-likeness (QED) is 0.498. The number of hydrogen-bond donors (Lipinski definition) is 0. The molecule has 3 aliphatic heterocycles. The Morgan fingerprint density at radius 1 is 1.11 bits per heavy atom. The number of fused-ring (bicyclic) bond motifs is 2. The monoisotopic (exact) mass is 494 g/mol. The van der Waals surface area contributed by atoms with Gasteiger partial charge in [-0.1, -0.05) is 11.6 Å². The molecule has 0 bridgehead atoms. The lowest BCUT2D eigenvalue weighted by atomic mass is 9.91. The molecule has 3 saturated heterocycles. The average Bonchev–Trinajstić information content (AvgIpc) is 3.38. The molecule has 1 atom stereocenters. The van der Waals surface area contributed by atoms with Crippen molar-refractivity contribution < 1.29 is 18.7 Å². The van der Waals surface area contributed by atoms with E-state index in [1.807, 2.05) is 51.9 Å². The van der Waals surface area contributed by atoms with Crippen molar-refractivity contribution in [2.24, 2.45) is 0 Å². The summed E-state index contributed by atoms with van der Waals surface area (Å²) in [5.41, 5.74) is 2.08. The summed E-state index contributed by atoms with van der Waals surface area (Å²) in [7, 11) is 1.67. The van der Waals surface area contributed by atoms with Crippen LogP contribution in [0.25, 0.3) is 11.0 Å². The molecule has 1 amide bonds. The van der Waals surface area contributed by atoms with Gasteiger partial charge >= 0.3 is 0 Å². The van der Waals surface area contributed by atoms with Gasteiger partial charge in [-0.05, 0) is 62.0 Å². The van der Waals surface area contributed by atoms with Gasteiger partial charge in [0.05, 0.1) is 31.8 Å². The smallest absolute Gasteiger partial charge is 0.240 e. The van der Waals surface area contributed by atoms with Crippen LogP contribution in [0.1, 0.15) is 18.4 Å². The third-order valence-corrected chi connectivity index (χ3v) is 8.22. The fourth-order valence-corrected chi connectivity index (χ4v) is 6.67. The second kappa shape index (κ2) is 8.81.